The molecule has 0 fully saturated rings. The first-order chi connectivity index (χ1) is 7.09. The van der Waals surface area contributed by atoms with Gasteiger partial charge in [0, 0.05) is 18.4 Å². The quantitative estimate of drug-likeness (QED) is 0.817. The Labute approximate surface area is 90.9 Å². The summed E-state index contributed by atoms with van der Waals surface area (Å²) in [6.07, 6.45) is 4.08. The predicted octanol–water partition coefficient (Wildman–Crippen LogP) is 2.06. The van der Waals surface area contributed by atoms with Crippen LogP contribution >= 0.6 is 0 Å². The zero-order valence-electron chi connectivity index (χ0n) is 9.23. The zero-order chi connectivity index (χ0) is 11.3. The van der Waals surface area contributed by atoms with Crippen molar-refractivity contribution in [3.63, 3.8) is 0 Å². The summed E-state index contributed by atoms with van der Waals surface area (Å²) in [5.74, 6) is 0.422. The van der Waals surface area contributed by atoms with Gasteiger partial charge in [-0.15, -0.1) is 0 Å². The van der Waals surface area contributed by atoms with E-state index in [1.54, 1.807) is 24.5 Å². The second kappa shape index (κ2) is 5.49. The van der Waals surface area contributed by atoms with Gasteiger partial charge < -0.3 is 5.32 Å². The first-order valence-corrected chi connectivity index (χ1v) is 5.13. The third-order valence-electron chi connectivity index (χ3n) is 2.01. The van der Waals surface area contributed by atoms with Gasteiger partial charge >= 0.3 is 0 Å². The summed E-state index contributed by atoms with van der Waals surface area (Å²) in [6, 6.07) is 3.44. The van der Waals surface area contributed by atoms with Crippen LogP contribution in [-0.2, 0) is 0 Å². The van der Waals surface area contributed by atoms with E-state index >= 15 is 0 Å². The summed E-state index contributed by atoms with van der Waals surface area (Å²) in [5.41, 5.74) is 0.579. The third-order valence-corrected chi connectivity index (χ3v) is 2.01. The average Bonchev–Trinajstić information content (AvgIpc) is 2.17. The molecule has 0 saturated heterocycles. The van der Waals surface area contributed by atoms with Crippen LogP contribution in [0.3, 0.4) is 0 Å². The second-order valence-corrected chi connectivity index (χ2v) is 4.04. The molecule has 15 heavy (non-hydrogen) atoms. The predicted molar refractivity (Wildman–Crippen MR) is 60.3 cm³/mol. The lowest BCUT2D eigenvalue weighted by Crippen LogP contribution is -2.33. The minimum absolute atomic E-state index is 0.0438. The highest BCUT2D eigenvalue weighted by Crippen LogP contribution is 2.04. The highest BCUT2D eigenvalue weighted by Gasteiger charge is 2.10. The highest BCUT2D eigenvalue weighted by molar-refractivity contribution is 5.94. The van der Waals surface area contributed by atoms with Crippen LogP contribution in [0, 0.1) is 12.8 Å². The van der Waals surface area contributed by atoms with E-state index in [9.17, 15) is 4.79 Å². The molecule has 1 atom stereocenters. The van der Waals surface area contributed by atoms with Crippen LogP contribution in [0.15, 0.2) is 24.5 Å². The smallest absolute Gasteiger partial charge is 0.253 e. The lowest BCUT2D eigenvalue weighted by Gasteiger charge is -2.15. The first-order valence-electron chi connectivity index (χ1n) is 5.13. The molecule has 0 bridgehead atoms. The number of carbonyl (C=O) groups excluding carboxylic acids is 1. The maximum Gasteiger partial charge on any atom is 0.253 e. The number of nitrogens with zero attached hydrogens (tertiary/aromatic N) is 1. The molecule has 0 aliphatic heterocycles. The summed E-state index contributed by atoms with van der Waals surface area (Å²) in [7, 11) is 0. The summed E-state index contributed by atoms with van der Waals surface area (Å²) in [5, 5.41) is 2.84. The fraction of sp³-hybridized carbons (Fsp3) is 0.417. The maximum absolute atomic E-state index is 11.6. The van der Waals surface area contributed by atoms with Gasteiger partial charge in [0.2, 0.25) is 0 Å². The van der Waals surface area contributed by atoms with E-state index in [0.717, 1.165) is 6.42 Å². The number of nitrogens with one attached hydrogen (secondary N) is 1. The summed E-state index contributed by atoms with van der Waals surface area (Å²) < 4.78 is 0. The Balaban J connectivity index is 2.49. The monoisotopic (exact) mass is 205 g/mol. The van der Waals surface area contributed by atoms with Crippen molar-refractivity contribution in [1.82, 2.24) is 10.3 Å². The number of hydrogen-bond acceptors (Lipinski definition) is 2. The SMILES string of the molecule is [CH2][C@@H](CC(C)C)NC(=O)c1cccnc1. The van der Waals surface area contributed by atoms with Crippen molar-refractivity contribution in [2.45, 2.75) is 26.3 Å². The van der Waals surface area contributed by atoms with E-state index < -0.39 is 0 Å². The van der Waals surface area contributed by atoms with Crippen molar-refractivity contribution in [1.29, 1.82) is 0 Å². The van der Waals surface area contributed by atoms with Gasteiger partial charge in [0.25, 0.3) is 5.91 Å². The minimum atomic E-state index is -0.108. The molecule has 0 aromatic carbocycles. The van der Waals surface area contributed by atoms with Crippen LogP contribution in [0.1, 0.15) is 30.6 Å². The van der Waals surface area contributed by atoms with Crippen LogP contribution in [0.25, 0.3) is 0 Å². The van der Waals surface area contributed by atoms with Gasteiger partial charge in [-0.1, -0.05) is 13.8 Å². The van der Waals surface area contributed by atoms with Crippen LogP contribution in [0.5, 0.6) is 0 Å². The van der Waals surface area contributed by atoms with Crippen molar-refractivity contribution in [2.75, 3.05) is 0 Å². The normalized spacial score (nSPS) is 12.5. The molecule has 0 spiro atoms. The first kappa shape index (κ1) is 11.7. The molecule has 0 unspecified atom stereocenters. The molecule has 1 N–H and O–H groups in total. The summed E-state index contributed by atoms with van der Waals surface area (Å²) in [6.45, 7) is 8.10. The molecule has 1 radical (unpaired) electrons. The largest absolute Gasteiger partial charge is 0.349 e. The fourth-order valence-electron chi connectivity index (χ4n) is 1.39. The summed E-state index contributed by atoms with van der Waals surface area (Å²) in [4.78, 5) is 15.5. The second-order valence-electron chi connectivity index (χ2n) is 4.04. The molecule has 1 aromatic heterocycles. The van der Waals surface area contributed by atoms with E-state index in [1.165, 1.54) is 0 Å². The molecule has 0 aliphatic carbocycles. The molecule has 1 aromatic rings. The van der Waals surface area contributed by atoms with Crippen LogP contribution in [0.4, 0.5) is 0 Å². The van der Waals surface area contributed by atoms with Gasteiger partial charge in [0.15, 0.2) is 0 Å². The summed E-state index contributed by atoms with van der Waals surface area (Å²) >= 11 is 0. The number of rotatable bonds is 4. The molecule has 0 saturated carbocycles. The standard InChI is InChI=1S/C12H17N2O/c1-9(2)7-10(3)14-12(15)11-5-4-6-13-8-11/h4-6,8-10H,3,7H2,1-2H3,(H,14,15)/t10-/m0/s1. The molecular formula is C12H17N2O. The Bertz CT molecular complexity index is 309. The van der Waals surface area contributed by atoms with E-state index in [4.69, 9.17) is 0 Å². The average molecular weight is 205 g/mol. The molecule has 1 amide bonds. The lowest BCUT2D eigenvalue weighted by atomic mass is 10.1. The zero-order valence-corrected chi connectivity index (χ0v) is 9.23. The molecule has 3 nitrogen and oxygen atoms in total. The van der Waals surface area contributed by atoms with Gasteiger partial charge in [-0.2, -0.15) is 0 Å². The number of hydrogen-bond donors (Lipinski definition) is 1. The number of pyridine rings is 1. The number of carbonyl (C=O) groups is 1. The Morgan fingerprint density at radius 2 is 2.33 bits per heavy atom. The van der Waals surface area contributed by atoms with Gasteiger partial charge in [-0.3, -0.25) is 9.78 Å². The van der Waals surface area contributed by atoms with Crippen LogP contribution < -0.4 is 5.32 Å². The Kier molecular flexibility index (Phi) is 4.28. The Hall–Kier alpha value is -1.38. The van der Waals surface area contributed by atoms with E-state index in [-0.39, 0.29) is 11.9 Å². The van der Waals surface area contributed by atoms with Crippen molar-refractivity contribution < 1.29 is 4.79 Å². The molecule has 3 heteroatoms. The fourth-order valence-corrected chi connectivity index (χ4v) is 1.39. The lowest BCUT2D eigenvalue weighted by molar-refractivity contribution is 0.0940. The number of aromatic nitrogens is 1. The van der Waals surface area contributed by atoms with Gasteiger partial charge in [-0.25, -0.2) is 0 Å². The van der Waals surface area contributed by atoms with Crippen molar-refractivity contribution >= 4 is 5.91 Å². The van der Waals surface area contributed by atoms with Crippen LogP contribution in [-0.4, -0.2) is 16.9 Å². The van der Waals surface area contributed by atoms with Crippen molar-refractivity contribution in [2.24, 2.45) is 5.92 Å². The maximum atomic E-state index is 11.6. The van der Waals surface area contributed by atoms with Crippen molar-refractivity contribution in [3.8, 4) is 0 Å². The minimum Gasteiger partial charge on any atom is -0.349 e. The van der Waals surface area contributed by atoms with E-state index in [1.807, 2.05) is 0 Å². The Morgan fingerprint density at radius 1 is 1.60 bits per heavy atom. The Morgan fingerprint density at radius 3 is 2.87 bits per heavy atom. The van der Waals surface area contributed by atoms with Gasteiger partial charge in [-0.05, 0) is 31.4 Å². The molecule has 1 rings (SSSR count). The third kappa shape index (κ3) is 4.11. The van der Waals surface area contributed by atoms with E-state index in [0.29, 0.717) is 11.5 Å². The van der Waals surface area contributed by atoms with Crippen molar-refractivity contribution in [3.05, 3.63) is 37.0 Å². The highest BCUT2D eigenvalue weighted by atomic mass is 16.1. The van der Waals surface area contributed by atoms with Crippen LogP contribution in [0.2, 0.25) is 0 Å². The van der Waals surface area contributed by atoms with Gasteiger partial charge in [0.1, 0.15) is 0 Å². The number of amides is 1. The van der Waals surface area contributed by atoms with E-state index in [2.05, 4.69) is 31.1 Å². The topological polar surface area (TPSA) is 42.0 Å². The van der Waals surface area contributed by atoms with Gasteiger partial charge in [0.05, 0.1) is 5.56 Å². The molecule has 1 heterocycles. The molecular weight excluding hydrogens is 188 g/mol. The molecule has 0 aliphatic rings. The molecule has 81 valence electrons.